The molecule has 2 aromatic heterocycles. The van der Waals surface area contributed by atoms with Crippen LogP contribution >= 0.6 is 11.3 Å². The van der Waals surface area contributed by atoms with Crippen molar-refractivity contribution in [1.29, 1.82) is 0 Å². The molecule has 0 saturated carbocycles. The third-order valence-electron chi connectivity index (χ3n) is 5.70. The van der Waals surface area contributed by atoms with Crippen LogP contribution in [0, 0.1) is 20.8 Å². The smallest absolute Gasteiger partial charge is 0.253 e. The number of rotatable bonds is 5. The average Bonchev–Trinajstić information content (AvgIpc) is 3.31. The van der Waals surface area contributed by atoms with E-state index in [1.165, 1.54) is 11.1 Å². The highest BCUT2D eigenvalue weighted by molar-refractivity contribution is 7.12. The van der Waals surface area contributed by atoms with Gasteiger partial charge < -0.3 is 5.32 Å². The summed E-state index contributed by atoms with van der Waals surface area (Å²) in [6, 6.07) is 10.9. The van der Waals surface area contributed by atoms with Gasteiger partial charge in [-0.25, -0.2) is 4.98 Å². The second-order valence-electron chi connectivity index (χ2n) is 7.95. The molecule has 1 amide bonds. The minimum atomic E-state index is 0.0260. The molecule has 0 unspecified atom stereocenters. The number of nitrogens with one attached hydrogen (secondary N) is 1. The van der Waals surface area contributed by atoms with Crippen LogP contribution in [0.5, 0.6) is 0 Å². The molecular formula is C23H28N4OS. The number of benzene rings is 1. The maximum Gasteiger partial charge on any atom is 0.253 e. The molecule has 1 saturated heterocycles. The van der Waals surface area contributed by atoms with Crippen LogP contribution in [0.2, 0.25) is 0 Å². The number of thiazole rings is 1. The van der Waals surface area contributed by atoms with Crippen molar-refractivity contribution in [1.82, 2.24) is 19.8 Å². The summed E-state index contributed by atoms with van der Waals surface area (Å²) in [4.78, 5) is 19.8. The summed E-state index contributed by atoms with van der Waals surface area (Å²) >= 11 is 1.58. The Labute approximate surface area is 176 Å². The van der Waals surface area contributed by atoms with Gasteiger partial charge >= 0.3 is 0 Å². The molecule has 0 bridgehead atoms. The standard InChI is InChI=1S/C23H28N4OS/c1-16-5-4-6-19(13-16)15-26-10-7-20(8-11-26)25-22(28)21-14-17(2)27(18(21)3)23-24-9-12-29-23/h4-6,9,12-14,20H,7-8,10-11,15H2,1-3H3,(H,25,28). The van der Waals surface area contributed by atoms with Crippen molar-refractivity contribution >= 4 is 17.2 Å². The number of aromatic nitrogens is 2. The molecule has 0 radical (unpaired) electrons. The minimum Gasteiger partial charge on any atom is -0.349 e. The lowest BCUT2D eigenvalue weighted by Crippen LogP contribution is -2.44. The van der Waals surface area contributed by atoms with E-state index in [9.17, 15) is 4.79 Å². The predicted molar refractivity (Wildman–Crippen MR) is 118 cm³/mol. The van der Waals surface area contributed by atoms with Gasteiger partial charge in [0, 0.05) is 48.6 Å². The van der Waals surface area contributed by atoms with E-state index in [2.05, 4.69) is 51.0 Å². The van der Waals surface area contributed by atoms with Crippen molar-refractivity contribution in [2.24, 2.45) is 0 Å². The van der Waals surface area contributed by atoms with Gasteiger partial charge in [0.05, 0.1) is 5.56 Å². The van der Waals surface area contributed by atoms with E-state index in [1.54, 1.807) is 17.5 Å². The Morgan fingerprint density at radius 2 is 2.00 bits per heavy atom. The number of carbonyl (C=O) groups is 1. The van der Waals surface area contributed by atoms with Crippen molar-refractivity contribution in [2.75, 3.05) is 13.1 Å². The van der Waals surface area contributed by atoms with Gasteiger partial charge in [0.15, 0.2) is 5.13 Å². The van der Waals surface area contributed by atoms with E-state index in [0.29, 0.717) is 0 Å². The van der Waals surface area contributed by atoms with E-state index >= 15 is 0 Å². The molecule has 1 N–H and O–H groups in total. The molecule has 4 rings (SSSR count). The second kappa shape index (κ2) is 8.51. The number of carbonyl (C=O) groups excluding carboxylic acids is 1. The summed E-state index contributed by atoms with van der Waals surface area (Å²) in [5, 5.41) is 6.12. The van der Waals surface area contributed by atoms with Crippen LogP contribution in [-0.2, 0) is 6.54 Å². The third-order valence-corrected chi connectivity index (χ3v) is 6.45. The largest absolute Gasteiger partial charge is 0.349 e. The van der Waals surface area contributed by atoms with Crippen LogP contribution in [0.3, 0.4) is 0 Å². The van der Waals surface area contributed by atoms with Gasteiger partial charge in [-0.15, -0.1) is 11.3 Å². The molecular weight excluding hydrogens is 380 g/mol. The van der Waals surface area contributed by atoms with Crippen LogP contribution in [0.1, 0.15) is 45.7 Å². The highest BCUT2D eigenvalue weighted by atomic mass is 32.1. The summed E-state index contributed by atoms with van der Waals surface area (Å²) < 4.78 is 2.06. The minimum absolute atomic E-state index is 0.0260. The zero-order valence-corrected chi connectivity index (χ0v) is 18.1. The van der Waals surface area contributed by atoms with Gasteiger partial charge in [0.25, 0.3) is 5.91 Å². The quantitative estimate of drug-likeness (QED) is 0.686. The summed E-state index contributed by atoms with van der Waals surface area (Å²) in [7, 11) is 0. The monoisotopic (exact) mass is 408 g/mol. The molecule has 1 aliphatic heterocycles. The van der Waals surface area contributed by atoms with Crippen molar-refractivity contribution in [3.8, 4) is 5.13 Å². The van der Waals surface area contributed by atoms with Gasteiger partial charge in [-0.2, -0.15) is 0 Å². The van der Waals surface area contributed by atoms with E-state index in [-0.39, 0.29) is 11.9 Å². The first-order chi connectivity index (χ1) is 14.0. The van der Waals surface area contributed by atoms with E-state index in [4.69, 9.17) is 0 Å². The molecule has 0 spiro atoms. The van der Waals surface area contributed by atoms with Crippen LogP contribution in [0.4, 0.5) is 0 Å². The number of aryl methyl sites for hydroxylation is 2. The second-order valence-corrected chi connectivity index (χ2v) is 8.82. The first kappa shape index (κ1) is 19.9. The van der Waals surface area contributed by atoms with Gasteiger partial charge in [0.2, 0.25) is 0 Å². The molecule has 0 aliphatic carbocycles. The Balaban J connectivity index is 1.35. The number of piperidine rings is 1. The number of hydrogen-bond acceptors (Lipinski definition) is 4. The zero-order chi connectivity index (χ0) is 20.4. The highest BCUT2D eigenvalue weighted by Gasteiger charge is 2.23. The number of likely N-dealkylation sites (tertiary alicyclic amines) is 1. The number of hydrogen-bond donors (Lipinski definition) is 1. The molecule has 5 nitrogen and oxygen atoms in total. The molecule has 3 heterocycles. The van der Waals surface area contributed by atoms with Gasteiger partial charge in [-0.05, 0) is 45.2 Å². The molecule has 1 aliphatic rings. The lowest BCUT2D eigenvalue weighted by Gasteiger charge is -2.32. The topological polar surface area (TPSA) is 50.2 Å². The fourth-order valence-electron chi connectivity index (χ4n) is 4.18. The van der Waals surface area contributed by atoms with Gasteiger partial charge in [0.1, 0.15) is 0 Å². The Kier molecular flexibility index (Phi) is 5.83. The fourth-order valence-corrected chi connectivity index (χ4v) is 4.93. The Morgan fingerprint density at radius 3 is 2.69 bits per heavy atom. The van der Waals surface area contributed by atoms with Gasteiger partial charge in [-0.1, -0.05) is 29.8 Å². The van der Waals surface area contributed by atoms with Crippen LogP contribution in [-0.4, -0.2) is 39.5 Å². The molecule has 1 fully saturated rings. The zero-order valence-electron chi connectivity index (χ0n) is 17.3. The molecule has 3 aromatic rings. The predicted octanol–water partition coefficient (Wildman–Crippen LogP) is 4.25. The SMILES string of the molecule is Cc1cccc(CN2CCC(NC(=O)c3cc(C)n(-c4nccs4)c3C)CC2)c1. The first-order valence-corrected chi connectivity index (χ1v) is 11.1. The highest BCUT2D eigenvalue weighted by Crippen LogP contribution is 2.23. The maximum atomic E-state index is 12.9. The van der Waals surface area contributed by atoms with E-state index < -0.39 is 0 Å². The Bertz CT molecular complexity index is 984. The van der Waals surface area contributed by atoms with Crippen molar-refractivity contribution in [3.63, 3.8) is 0 Å². The normalized spacial score (nSPS) is 15.6. The molecule has 29 heavy (non-hydrogen) atoms. The molecule has 6 heteroatoms. The van der Waals surface area contributed by atoms with Gasteiger partial charge in [-0.3, -0.25) is 14.3 Å². The Hall–Kier alpha value is -2.44. The van der Waals surface area contributed by atoms with E-state index in [0.717, 1.165) is 54.6 Å². The Morgan fingerprint density at radius 1 is 1.21 bits per heavy atom. The lowest BCUT2D eigenvalue weighted by molar-refractivity contribution is 0.0908. The average molecular weight is 409 g/mol. The van der Waals surface area contributed by atoms with Crippen molar-refractivity contribution in [3.05, 3.63) is 70.0 Å². The first-order valence-electron chi connectivity index (χ1n) is 10.2. The third kappa shape index (κ3) is 4.43. The van der Waals surface area contributed by atoms with Crippen LogP contribution < -0.4 is 5.32 Å². The lowest BCUT2D eigenvalue weighted by atomic mass is 10.0. The van der Waals surface area contributed by atoms with Crippen LogP contribution in [0.15, 0.2) is 41.9 Å². The fraction of sp³-hybridized carbons (Fsp3) is 0.391. The maximum absolute atomic E-state index is 12.9. The summed E-state index contributed by atoms with van der Waals surface area (Å²) in [5.41, 5.74) is 5.41. The molecule has 152 valence electrons. The number of amides is 1. The molecule has 1 aromatic carbocycles. The van der Waals surface area contributed by atoms with E-state index in [1.807, 2.05) is 25.3 Å². The molecule has 0 atom stereocenters. The number of nitrogens with zero attached hydrogens (tertiary/aromatic N) is 3. The van der Waals surface area contributed by atoms with Crippen molar-refractivity contribution in [2.45, 2.75) is 46.2 Å². The summed E-state index contributed by atoms with van der Waals surface area (Å²) in [6.07, 6.45) is 3.77. The van der Waals surface area contributed by atoms with Crippen molar-refractivity contribution < 1.29 is 4.79 Å². The summed E-state index contributed by atoms with van der Waals surface area (Å²) in [5.74, 6) is 0.0260. The van der Waals surface area contributed by atoms with Crippen LogP contribution in [0.25, 0.3) is 5.13 Å². The summed E-state index contributed by atoms with van der Waals surface area (Å²) in [6.45, 7) is 9.16.